The quantitative estimate of drug-likeness (QED) is 0.620. The van der Waals surface area contributed by atoms with E-state index in [0.29, 0.717) is 6.54 Å². The number of nitrogens with zero attached hydrogens (tertiary/aromatic N) is 2. The normalized spacial score (nSPS) is 11.2. The highest BCUT2D eigenvalue weighted by molar-refractivity contribution is 5.79. The summed E-state index contributed by atoms with van der Waals surface area (Å²) in [5.41, 5.74) is 1.12. The summed E-state index contributed by atoms with van der Waals surface area (Å²) < 4.78 is 10.6. The van der Waals surface area contributed by atoms with Crippen LogP contribution in [0.4, 0.5) is 0 Å². The van der Waals surface area contributed by atoms with Gasteiger partial charge in [0.15, 0.2) is 17.5 Å². The van der Waals surface area contributed by atoms with Crippen LogP contribution in [0.5, 0.6) is 11.5 Å². The molecule has 118 valence electrons. The molecule has 0 heterocycles. The molecule has 0 saturated heterocycles. The molecule has 1 aromatic rings. The minimum atomic E-state index is 0.698. The molecular weight excluding hydrogens is 266 g/mol. The van der Waals surface area contributed by atoms with Crippen molar-refractivity contribution in [3.63, 3.8) is 0 Å². The summed E-state index contributed by atoms with van der Waals surface area (Å²) in [5, 5.41) is 3.36. The highest BCUT2D eigenvalue weighted by Crippen LogP contribution is 2.27. The number of benzene rings is 1. The van der Waals surface area contributed by atoms with Gasteiger partial charge in [-0.2, -0.15) is 0 Å². The Kier molecular flexibility index (Phi) is 7.43. The summed E-state index contributed by atoms with van der Waals surface area (Å²) in [6.07, 6.45) is 2.34. The summed E-state index contributed by atoms with van der Waals surface area (Å²) in [4.78, 5) is 6.45. The lowest BCUT2D eigenvalue weighted by Gasteiger charge is -2.22. The Morgan fingerprint density at radius 1 is 1.24 bits per heavy atom. The number of hydrogen-bond acceptors (Lipinski definition) is 3. The molecule has 1 aromatic carbocycles. The Morgan fingerprint density at radius 3 is 2.52 bits per heavy atom. The van der Waals surface area contributed by atoms with Crippen molar-refractivity contribution >= 4 is 5.96 Å². The van der Waals surface area contributed by atoms with Crippen LogP contribution in [0.3, 0.4) is 0 Å². The van der Waals surface area contributed by atoms with Gasteiger partial charge in [0.05, 0.1) is 14.2 Å². The molecule has 0 amide bonds. The maximum Gasteiger partial charge on any atom is 0.193 e. The van der Waals surface area contributed by atoms with Gasteiger partial charge in [-0.05, 0) is 24.1 Å². The second-order valence-electron chi connectivity index (χ2n) is 4.87. The van der Waals surface area contributed by atoms with Crippen molar-refractivity contribution in [3.05, 3.63) is 23.8 Å². The Morgan fingerprint density at radius 2 is 1.95 bits per heavy atom. The van der Waals surface area contributed by atoms with Crippen LogP contribution in [0.2, 0.25) is 0 Å². The summed E-state index contributed by atoms with van der Waals surface area (Å²) in [7, 11) is 7.14. The van der Waals surface area contributed by atoms with E-state index in [1.54, 1.807) is 21.3 Å². The van der Waals surface area contributed by atoms with Crippen LogP contribution in [0.25, 0.3) is 0 Å². The highest BCUT2D eigenvalue weighted by atomic mass is 16.5. The Bertz CT molecular complexity index is 461. The number of rotatable bonds is 7. The number of ether oxygens (including phenoxy) is 2. The minimum Gasteiger partial charge on any atom is -0.493 e. The number of unbranched alkanes of at least 4 members (excludes halogenated alkanes) is 1. The molecule has 0 fully saturated rings. The third kappa shape index (κ3) is 5.17. The monoisotopic (exact) mass is 293 g/mol. The van der Waals surface area contributed by atoms with Crippen LogP contribution >= 0.6 is 0 Å². The first kappa shape index (κ1) is 17.1. The third-order valence-corrected chi connectivity index (χ3v) is 3.32. The van der Waals surface area contributed by atoms with Gasteiger partial charge in [-0.3, -0.25) is 4.99 Å². The second kappa shape index (κ2) is 9.10. The van der Waals surface area contributed by atoms with Gasteiger partial charge in [0, 0.05) is 27.2 Å². The van der Waals surface area contributed by atoms with Gasteiger partial charge >= 0.3 is 0 Å². The van der Waals surface area contributed by atoms with Crippen molar-refractivity contribution in [3.8, 4) is 11.5 Å². The van der Waals surface area contributed by atoms with Crippen molar-refractivity contribution in [1.29, 1.82) is 0 Å². The molecule has 0 aliphatic carbocycles. The lowest BCUT2D eigenvalue weighted by Crippen LogP contribution is -2.38. The fourth-order valence-electron chi connectivity index (χ4n) is 2.06. The number of methoxy groups -OCH3 is 2. The summed E-state index contributed by atoms with van der Waals surface area (Å²) in [5.74, 6) is 2.38. The molecule has 0 bridgehead atoms. The molecule has 5 heteroatoms. The number of aliphatic imine (C=N–C) groups is 1. The first-order valence-corrected chi connectivity index (χ1v) is 7.28. The van der Waals surface area contributed by atoms with Gasteiger partial charge in [0.2, 0.25) is 0 Å². The SMILES string of the molecule is CCCCN(C)C(=NC)NCc1ccc(OC)c(OC)c1. The largest absolute Gasteiger partial charge is 0.493 e. The predicted molar refractivity (Wildman–Crippen MR) is 87.3 cm³/mol. The summed E-state index contributed by atoms with van der Waals surface area (Å²) in [6, 6.07) is 5.91. The zero-order valence-corrected chi connectivity index (χ0v) is 13.8. The molecule has 5 nitrogen and oxygen atoms in total. The fourth-order valence-corrected chi connectivity index (χ4v) is 2.06. The lowest BCUT2D eigenvalue weighted by molar-refractivity contribution is 0.354. The van der Waals surface area contributed by atoms with Gasteiger partial charge < -0.3 is 19.7 Å². The molecular formula is C16H27N3O2. The van der Waals surface area contributed by atoms with Gasteiger partial charge in [0.1, 0.15) is 0 Å². The second-order valence-corrected chi connectivity index (χ2v) is 4.87. The van der Waals surface area contributed by atoms with Crippen LogP contribution in [0.1, 0.15) is 25.3 Å². The molecule has 0 atom stereocenters. The first-order chi connectivity index (χ1) is 10.2. The molecule has 0 unspecified atom stereocenters. The van der Waals surface area contributed by atoms with Gasteiger partial charge in [0.25, 0.3) is 0 Å². The molecule has 0 radical (unpaired) electrons. The van der Waals surface area contributed by atoms with Crippen LogP contribution in [-0.2, 0) is 6.54 Å². The van der Waals surface area contributed by atoms with Crippen molar-refractivity contribution in [2.75, 3.05) is 34.9 Å². The molecule has 1 N–H and O–H groups in total. The maximum absolute atomic E-state index is 5.32. The van der Waals surface area contributed by atoms with E-state index in [4.69, 9.17) is 9.47 Å². The molecule has 0 aliphatic rings. The Labute approximate surface area is 128 Å². The van der Waals surface area contributed by atoms with Gasteiger partial charge in [-0.25, -0.2) is 0 Å². The predicted octanol–water partition coefficient (Wildman–Crippen LogP) is 2.51. The van der Waals surface area contributed by atoms with E-state index in [-0.39, 0.29) is 0 Å². The van der Waals surface area contributed by atoms with Crippen molar-refractivity contribution in [2.45, 2.75) is 26.3 Å². The third-order valence-electron chi connectivity index (χ3n) is 3.32. The summed E-state index contributed by atoms with van der Waals surface area (Å²) in [6.45, 7) is 3.89. The molecule has 0 aromatic heterocycles. The molecule has 1 rings (SSSR count). The van der Waals surface area contributed by atoms with E-state index >= 15 is 0 Å². The zero-order valence-electron chi connectivity index (χ0n) is 13.8. The van der Waals surface area contributed by atoms with Gasteiger partial charge in [-0.1, -0.05) is 19.4 Å². The topological polar surface area (TPSA) is 46.1 Å². The van der Waals surface area contributed by atoms with Crippen molar-refractivity contribution in [2.24, 2.45) is 4.99 Å². The lowest BCUT2D eigenvalue weighted by atomic mass is 10.2. The van der Waals surface area contributed by atoms with Gasteiger partial charge in [-0.15, -0.1) is 0 Å². The van der Waals surface area contributed by atoms with E-state index in [1.807, 2.05) is 18.2 Å². The average molecular weight is 293 g/mol. The van der Waals surface area contributed by atoms with Crippen LogP contribution in [-0.4, -0.2) is 45.7 Å². The molecule has 0 aliphatic heterocycles. The maximum atomic E-state index is 5.32. The summed E-state index contributed by atoms with van der Waals surface area (Å²) >= 11 is 0. The number of guanidine groups is 1. The zero-order chi connectivity index (χ0) is 15.7. The first-order valence-electron chi connectivity index (χ1n) is 7.28. The van der Waals surface area contributed by atoms with Crippen LogP contribution in [0.15, 0.2) is 23.2 Å². The number of hydrogen-bond donors (Lipinski definition) is 1. The Balaban J connectivity index is 2.65. The fraction of sp³-hybridized carbons (Fsp3) is 0.562. The molecule has 0 spiro atoms. The van der Waals surface area contributed by atoms with E-state index < -0.39 is 0 Å². The van der Waals surface area contributed by atoms with Crippen molar-refractivity contribution < 1.29 is 9.47 Å². The van der Waals surface area contributed by atoms with Crippen LogP contribution < -0.4 is 14.8 Å². The highest BCUT2D eigenvalue weighted by Gasteiger charge is 2.07. The van der Waals surface area contributed by atoms with E-state index in [9.17, 15) is 0 Å². The van der Waals surface area contributed by atoms with E-state index in [2.05, 4.69) is 29.2 Å². The molecule has 0 saturated carbocycles. The van der Waals surface area contributed by atoms with Crippen LogP contribution in [0, 0.1) is 0 Å². The van der Waals surface area contributed by atoms with Crippen molar-refractivity contribution in [1.82, 2.24) is 10.2 Å². The minimum absolute atomic E-state index is 0.698. The average Bonchev–Trinajstić information content (AvgIpc) is 2.53. The Hall–Kier alpha value is -1.91. The molecule has 21 heavy (non-hydrogen) atoms. The number of nitrogens with one attached hydrogen (secondary N) is 1. The standard InChI is InChI=1S/C16H27N3O2/c1-6-7-10-19(3)16(17-2)18-12-13-8-9-14(20-4)15(11-13)21-5/h8-9,11H,6-7,10,12H2,1-5H3,(H,17,18). The van der Waals surface area contributed by atoms with E-state index in [0.717, 1.165) is 36.0 Å². The van der Waals surface area contributed by atoms with E-state index in [1.165, 1.54) is 6.42 Å². The smallest absolute Gasteiger partial charge is 0.193 e.